The molecule has 1 aromatic rings. The average molecular weight is 613 g/mol. The normalized spacial score (nSPS) is 25.6. The van der Waals surface area contributed by atoms with Crippen LogP contribution in [0.4, 0.5) is 9.59 Å². The van der Waals surface area contributed by atoms with E-state index in [-0.39, 0.29) is 29.6 Å². The molecule has 2 atom stereocenters. The first-order chi connectivity index (χ1) is 21.1. The lowest BCUT2D eigenvalue weighted by molar-refractivity contribution is -0.134. The number of amides is 3. The highest BCUT2D eigenvalue weighted by Gasteiger charge is 2.52. The van der Waals surface area contributed by atoms with Crippen molar-refractivity contribution in [3.8, 4) is 0 Å². The number of methoxy groups -OCH3 is 1. The first kappa shape index (κ1) is 32.4. The lowest BCUT2D eigenvalue weighted by Gasteiger charge is -2.55. The van der Waals surface area contributed by atoms with Crippen LogP contribution in [0, 0.1) is 25.7 Å². The van der Waals surface area contributed by atoms with E-state index in [1.807, 2.05) is 23.6 Å². The summed E-state index contributed by atoms with van der Waals surface area (Å²) in [5.41, 5.74) is 1.69. The van der Waals surface area contributed by atoms with Gasteiger partial charge in [-0.25, -0.2) is 19.6 Å². The van der Waals surface area contributed by atoms with Crippen LogP contribution in [-0.2, 0) is 9.47 Å². The van der Waals surface area contributed by atoms with Crippen LogP contribution in [0.2, 0.25) is 0 Å². The van der Waals surface area contributed by atoms with Crippen LogP contribution in [0.15, 0.2) is 6.33 Å². The topological polar surface area (TPSA) is 108 Å². The molecule has 3 amide bonds. The van der Waals surface area contributed by atoms with Crippen LogP contribution in [0.1, 0.15) is 93.4 Å². The van der Waals surface area contributed by atoms with Crippen LogP contribution in [0.25, 0.3) is 0 Å². The zero-order chi connectivity index (χ0) is 31.5. The monoisotopic (exact) mass is 612 g/mol. The number of unbranched alkanes of at least 4 members (excludes halogenated alkanes) is 1. The van der Waals surface area contributed by atoms with Gasteiger partial charge in [-0.15, -0.1) is 0 Å². The van der Waals surface area contributed by atoms with Crippen molar-refractivity contribution in [2.45, 2.75) is 96.6 Å². The molecule has 0 radical (unpaired) electrons. The molecule has 4 aliphatic heterocycles. The minimum atomic E-state index is -0.417. The molecule has 11 heteroatoms. The van der Waals surface area contributed by atoms with Crippen LogP contribution in [-0.4, -0.2) is 118 Å². The summed E-state index contributed by atoms with van der Waals surface area (Å²) in [5.74, 6) is 0.566. The molecule has 0 bridgehead atoms. The molecule has 0 saturated carbocycles. The second-order valence-electron chi connectivity index (χ2n) is 13.8. The van der Waals surface area contributed by atoms with Crippen molar-refractivity contribution < 1.29 is 23.9 Å². The number of nitrogens with zero attached hydrogens (tertiary/aromatic N) is 6. The predicted octanol–water partition coefficient (Wildman–Crippen LogP) is 4.66. The van der Waals surface area contributed by atoms with Crippen molar-refractivity contribution in [2.75, 3.05) is 59.5 Å². The molecule has 4 aliphatic rings. The van der Waals surface area contributed by atoms with Crippen LogP contribution in [0.3, 0.4) is 0 Å². The zero-order valence-corrected chi connectivity index (χ0v) is 27.5. The smallest absolute Gasteiger partial charge is 0.410 e. The third-order valence-corrected chi connectivity index (χ3v) is 11.0. The van der Waals surface area contributed by atoms with E-state index in [2.05, 4.69) is 28.7 Å². The zero-order valence-electron chi connectivity index (χ0n) is 27.5. The van der Waals surface area contributed by atoms with E-state index in [4.69, 9.17) is 9.47 Å². The minimum absolute atomic E-state index is 0.00574. The summed E-state index contributed by atoms with van der Waals surface area (Å²) in [6, 6.07) is 0. The highest BCUT2D eigenvalue weighted by atomic mass is 16.6. The van der Waals surface area contributed by atoms with Gasteiger partial charge in [0.1, 0.15) is 11.9 Å². The van der Waals surface area contributed by atoms with Crippen LogP contribution >= 0.6 is 0 Å². The fourth-order valence-corrected chi connectivity index (χ4v) is 8.11. The van der Waals surface area contributed by atoms with E-state index in [0.717, 1.165) is 88.8 Å². The lowest BCUT2D eigenvalue weighted by Crippen LogP contribution is -2.64. The highest BCUT2D eigenvalue weighted by Crippen LogP contribution is 2.43. The summed E-state index contributed by atoms with van der Waals surface area (Å²) in [7, 11) is 1.42. The molecule has 0 aromatic carbocycles. The summed E-state index contributed by atoms with van der Waals surface area (Å²) in [6.45, 7) is 14.2. The number of piperidine rings is 3. The number of ether oxygens (including phenoxy) is 2. The number of hydrogen-bond donors (Lipinski definition) is 0. The Kier molecular flexibility index (Phi) is 10.0. The molecule has 244 valence electrons. The van der Waals surface area contributed by atoms with Crippen molar-refractivity contribution in [3.05, 3.63) is 23.3 Å². The van der Waals surface area contributed by atoms with Crippen molar-refractivity contribution >= 4 is 18.1 Å². The summed E-state index contributed by atoms with van der Waals surface area (Å²) >= 11 is 0. The van der Waals surface area contributed by atoms with E-state index >= 15 is 0 Å². The molecule has 4 fully saturated rings. The van der Waals surface area contributed by atoms with Gasteiger partial charge in [0.15, 0.2) is 0 Å². The largest absolute Gasteiger partial charge is 0.453 e. The molecule has 2 unspecified atom stereocenters. The Morgan fingerprint density at radius 1 is 1.00 bits per heavy atom. The number of carbonyl (C=O) groups excluding carboxylic acids is 3. The molecular weight excluding hydrogens is 560 g/mol. The second-order valence-corrected chi connectivity index (χ2v) is 13.8. The third-order valence-electron chi connectivity index (χ3n) is 11.0. The average Bonchev–Trinajstić information content (AvgIpc) is 3.02. The fourth-order valence-electron chi connectivity index (χ4n) is 8.11. The molecule has 5 heterocycles. The van der Waals surface area contributed by atoms with Gasteiger partial charge in [0.25, 0.3) is 5.91 Å². The van der Waals surface area contributed by atoms with Crippen molar-refractivity contribution in [2.24, 2.45) is 11.8 Å². The molecule has 44 heavy (non-hydrogen) atoms. The van der Waals surface area contributed by atoms with Gasteiger partial charge in [-0.05, 0) is 58.8 Å². The maximum Gasteiger partial charge on any atom is 0.410 e. The van der Waals surface area contributed by atoms with Gasteiger partial charge in [-0.1, -0.05) is 19.8 Å². The third kappa shape index (κ3) is 6.67. The fraction of sp³-hybridized carbons (Fsp3) is 0.788. The van der Waals surface area contributed by atoms with Crippen molar-refractivity contribution in [1.29, 1.82) is 0 Å². The maximum absolute atomic E-state index is 13.5. The highest BCUT2D eigenvalue weighted by molar-refractivity contribution is 5.96. The van der Waals surface area contributed by atoms with E-state index in [1.165, 1.54) is 13.4 Å². The van der Waals surface area contributed by atoms with Gasteiger partial charge in [0.2, 0.25) is 0 Å². The maximum atomic E-state index is 13.5. The van der Waals surface area contributed by atoms with Crippen LogP contribution in [0.5, 0.6) is 0 Å². The van der Waals surface area contributed by atoms with Gasteiger partial charge < -0.3 is 24.2 Å². The van der Waals surface area contributed by atoms with Gasteiger partial charge >= 0.3 is 12.2 Å². The van der Waals surface area contributed by atoms with E-state index in [1.54, 1.807) is 4.90 Å². The molecule has 0 aliphatic carbocycles. The minimum Gasteiger partial charge on any atom is -0.453 e. The Bertz CT molecular complexity index is 1170. The van der Waals surface area contributed by atoms with Gasteiger partial charge in [-0.3, -0.25) is 9.69 Å². The molecule has 4 saturated heterocycles. The predicted molar refractivity (Wildman–Crippen MR) is 166 cm³/mol. The van der Waals surface area contributed by atoms with Crippen molar-refractivity contribution in [3.63, 3.8) is 0 Å². The van der Waals surface area contributed by atoms with E-state index < -0.39 is 5.60 Å². The SMILES string of the molecule is CCCCC1CN(CC2CCCN(C(=O)OC)C2)C(=O)OC12CCN(C1(C)CCN(C(=O)c3c(C)ncnc3C)CC1)CC2. The number of aromatic nitrogens is 2. The van der Waals surface area contributed by atoms with Gasteiger partial charge in [0, 0.05) is 76.7 Å². The molecule has 11 nitrogen and oxygen atoms in total. The molecule has 5 rings (SSSR count). The number of carbonyl (C=O) groups is 3. The summed E-state index contributed by atoms with van der Waals surface area (Å²) < 4.78 is 11.4. The molecule has 1 aromatic heterocycles. The standard InChI is InChI=1S/C33H52N6O5/c1-6-7-10-27-22-38(21-26-9-8-15-37(20-26)30(41)43-5)31(42)44-33(27)13-18-39(19-14-33)32(4)11-16-36(17-12-32)29(40)28-24(2)34-23-35-25(28)3/h23,26-27H,6-22H2,1-5H3. The second kappa shape index (κ2) is 13.6. The number of hydrogen-bond acceptors (Lipinski definition) is 8. The molecule has 1 spiro atoms. The first-order valence-electron chi connectivity index (χ1n) is 16.7. The quantitative estimate of drug-likeness (QED) is 0.438. The number of rotatable bonds is 7. The van der Waals surface area contributed by atoms with Crippen LogP contribution < -0.4 is 0 Å². The Morgan fingerprint density at radius 3 is 2.32 bits per heavy atom. The molecule has 0 N–H and O–H groups in total. The van der Waals surface area contributed by atoms with E-state index in [9.17, 15) is 14.4 Å². The van der Waals surface area contributed by atoms with Crippen molar-refractivity contribution in [1.82, 2.24) is 29.6 Å². The Balaban J connectivity index is 1.19. The number of likely N-dealkylation sites (tertiary alicyclic amines) is 3. The lowest BCUT2D eigenvalue weighted by atomic mass is 9.74. The summed E-state index contributed by atoms with van der Waals surface area (Å²) in [4.78, 5) is 55.7. The summed E-state index contributed by atoms with van der Waals surface area (Å²) in [6.07, 6.45) is 9.75. The number of aryl methyl sites for hydroxylation is 2. The van der Waals surface area contributed by atoms with E-state index in [0.29, 0.717) is 44.2 Å². The summed E-state index contributed by atoms with van der Waals surface area (Å²) in [5, 5.41) is 0. The van der Waals surface area contributed by atoms with Gasteiger partial charge in [0.05, 0.1) is 24.1 Å². The Hall–Kier alpha value is -2.95. The first-order valence-corrected chi connectivity index (χ1v) is 16.7. The Labute approximate surface area is 262 Å². The molecular formula is C33H52N6O5. The van der Waals surface area contributed by atoms with Gasteiger partial charge in [-0.2, -0.15) is 0 Å². The Morgan fingerprint density at radius 2 is 1.68 bits per heavy atom.